The summed E-state index contributed by atoms with van der Waals surface area (Å²) in [5, 5.41) is 8.75. The van der Waals surface area contributed by atoms with Gasteiger partial charge in [-0.3, -0.25) is 9.69 Å². The topological polar surface area (TPSA) is 75.8 Å². The van der Waals surface area contributed by atoms with Gasteiger partial charge < -0.3 is 15.6 Å². The Morgan fingerprint density at radius 2 is 2.05 bits per heavy atom. The lowest BCUT2D eigenvalue weighted by molar-refractivity contribution is -0.00904. The summed E-state index contributed by atoms with van der Waals surface area (Å²) in [6.07, 6.45) is 2.15. The zero-order valence-electron chi connectivity index (χ0n) is 11.6. The van der Waals surface area contributed by atoms with Crippen LogP contribution in [-0.4, -0.2) is 48.3 Å². The number of hydrogen-bond acceptors (Lipinski definition) is 4. The van der Waals surface area contributed by atoms with E-state index in [1.54, 1.807) is 6.07 Å². The summed E-state index contributed by atoms with van der Waals surface area (Å²) in [7, 11) is 0. The van der Waals surface area contributed by atoms with E-state index in [0.717, 1.165) is 38.0 Å². The van der Waals surface area contributed by atoms with Crippen LogP contribution in [0, 0.1) is 0 Å². The van der Waals surface area contributed by atoms with Gasteiger partial charge in [0.05, 0.1) is 19.3 Å². The highest BCUT2D eigenvalue weighted by atomic mass is 16.5. The SMILES string of the molecule is NC(=O)c1ccccc1CN1CCC(OCCO)CC1. The van der Waals surface area contributed by atoms with Gasteiger partial charge in [0.2, 0.25) is 5.91 Å². The normalized spacial score (nSPS) is 17.2. The molecule has 1 aliphatic heterocycles. The molecule has 0 saturated carbocycles. The van der Waals surface area contributed by atoms with Crippen LogP contribution >= 0.6 is 0 Å². The molecule has 0 aromatic heterocycles. The third-order valence-corrected chi connectivity index (χ3v) is 3.66. The van der Waals surface area contributed by atoms with Crippen molar-refractivity contribution in [1.29, 1.82) is 0 Å². The van der Waals surface area contributed by atoms with Crippen molar-refractivity contribution in [2.24, 2.45) is 5.73 Å². The summed E-state index contributed by atoms with van der Waals surface area (Å²) in [6.45, 7) is 3.10. The lowest BCUT2D eigenvalue weighted by atomic mass is 10.0. The van der Waals surface area contributed by atoms with Gasteiger partial charge in [-0.15, -0.1) is 0 Å². The average molecular weight is 278 g/mol. The fraction of sp³-hybridized carbons (Fsp3) is 0.533. The highest BCUT2D eigenvalue weighted by Gasteiger charge is 2.20. The van der Waals surface area contributed by atoms with E-state index in [-0.39, 0.29) is 18.6 Å². The molecule has 0 radical (unpaired) electrons. The summed E-state index contributed by atoms with van der Waals surface area (Å²) < 4.78 is 5.54. The Bertz CT molecular complexity index is 442. The molecule has 1 heterocycles. The van der Waals surface area contributed by atoms with Gasteiger partial charge in [0.1, 0.15) is 0 Å². The molecular formula is C15H22N2O3. The Hall–Kier alpha value is -1.43. The maximum Gasteiger partial charge on any atom is 0.249 e. The van der Waals surface area contributed by atoms with E-state index in [2.05, 4.69) is 4.90 Å². The van der Waals surface area contributed by atoms with Crippen molar-refractivity contribution in [2.45, 2.75) is 25.5 Å². The van der Waals surface area contributed by atoms with Crippen molar-refractivity contribution in [1.82, 2.24) is 4.90 Å². The number of rotatable bonds is 6. The fourth-order valence-electron chi connectivity index (χ4n) is 2.59. The molecule has 1 saturated heterocycles. The van der Waals surface area contributed by atoms with Crippen LogP contribution in [0.3, 0.4) is 0 Å². The molecule has 5 nitrogen and oxygen atoms in total. The van der Waals surface area contributed by atoms with Crippen molar-refractivity contribution < 1.29 is 14.6 Å². The molecule has 5 heteroatoms. The monoisotopic (exact) mass is 278 g/mol. The number of hydrogen-bond donors (Lipinski definition) is 2. The summed E-state index contributed by atoms with van der Waals surface area (Å²) in [5.74, 6) is -0.373. The van der Waals surface area contributed by atoms with E-state index in [0.29, 0.717) is 12.2 Å². The van der Waals surface area contributed by atoms with Crippen molar-refractivity contribution >= 4 is 5.91 Å². The van der Waals surface area contributed by atoms with Gasteiger partial charge in [-0.1, -0.05) is 18.2 Å². The van der Waals surface area contributed by atoms with Gasteiger partial charge in [-0.2, -0.15) is 0 Å². The van der Waals surface area contributed by atoms with E-state index in [1.807, 2.05) is 18.2 Å². The first-order chi connectivity index (χ1) is 9.70. The molecular weight excluding hydrogens is 256 g/mol. The molecule has 0 bridgehead atoms. The van der Waals surface area contributed by atoms with Crippen LogP contribution in [0.5, 0.6) is 0 Å². The second-order valence-corrected chi connectivity index (χ2v) is 5.09. The van der Waals surface area contributed by atoms with Gasteiger partial charge in [0, 0.05) is 25.2 Å². The number of nitrogens with two attached hydrogens (primary N) is 1. The summed E-state index contributed by atoms with van der Waals surface area (Å²) >= 11 is 0. The van der Waals surface area contributed by atoms with Gasteiger partial charge >= 0.3 is 0 Å². The first-order valence-corrected chi connectivity index (χ1v) is 7.03. The second-order valence-electron chi connectivity index (χ2n) is 5.09. The highest BCUT2D eigenvalue weighted by molar-refractivity contribution is 5.94. The van der Waals surface area contributed by atoms with E-state index in [9.17, 15) is 4.79 Å². The van der Waals surface area contributed by atoms with Crippen LogP contribution < -0.4 is 5.73 Å². The molecule has 2 rings (SSSR count). The third-order valence-electron chi connectivity index (χ3n) is 3.66. The molecule has 20 heavy (non-hydrogen) atoms. The number of primary amides is 1. The van der Waals surface area contributed by atoms with Crippen LogP contribution in [0.4, 0.5) is 0 Å². The number of carbonyl (C=O) groups is 1. The molecule has 0 atom stereocenters. The van der Waals surface area contributed by atoms with E-state index in [4.69, 9.17) is 15.6 Å². The zero-order chi connectivity index (χ0) is 14.4. The quantitative estimate of drug-likeness (QED) is 0.805. The van der Waals surface area contributed by atoms with Gasteiger partial charge in [0.15, 0.2) is 0 Å². The zero-order valence-corrected chi connectivity index (χ0v) is 11.6. The molecule has 0 spiro atoms. The van der Waals surface area contributed by atoms with Gasteiger partial charge in [-0.25, -0.2) is 0 Å². The Kier molecular flexibility index (Phi) is 5.52. The minimum atomic E-state index is -0.373. The smallest absolute Gasteiger partial charge is 0.249 e. The fourth-order valence-corrected chi connectivity index (χ4v) is 2.59. The van der Waals surface area contributed by atoms with Crippen molar-refractivity contribution in [3.63, 3.8) is 0 Å². The molecule has 110 valence electrons. The number of piperidine rings is 1. The number of carbonyl (C=O) groups excluding carboxylic acids is 1. The third kappa shape index (κ3) is 4.03. The summed E-state index contributed by atoms with van der Waals surface area (Å²) in [4.78, 5) is 13.7. The van der Waals surface area contributed by atoms with Crippen LogP contribution in [0.15, 0.2) is 24.3 Å². The number of nitrogens with zero attached hydrogens (tertiary/aromatic N) is 1. The molecule has 0 unspecified atom stereocenters. The molecule has 0 aliphatic carbocycles. The van der Waals surface area contributed by atoms with Crippen molar-refractivity contribution in [2.75, 3.05) is 26.3 Å². The second kappa shape index (κ2) is 7.38. The predicted molar refractivity (Wildman–Crippen MR) is 76.3 cm³/mol. The van der Waals surface area contributed by atoms with E-state index in [1.165, 1.54) is 0 Å². The van der Waals surface area contributed by atoms with E-state index < -0.39 is 0 Å². The first kappa shape index (κ1) is 15.0. The number of aliphatic hydroxyl groups is 1. The van der Waals surface area contributed by atoms with Crippen LogP contribution in [0.2, 0.25) is 0 Å². The van der Waals surface area contributed by atoms with Crippen LogP contribution in [0.25, 0.3) is 0 Å². The van der Waals surface area contributed by atoms with Gasteiger partial charge in [0.25, 0.3) is 0 Å². The predicted octanol–water partition coefficient (Wildman–Crippen LogP) is 0.759. The van der Waals surface area contributed by atoms with Crippen molar-refractivity contribution in [3.8, 4) is 0 Å². The highest BCUT2D eigenvalue weighted by Crippen LogP contribution is 2.18. The standard InChI is InChI=1S/C15H22N2O3/c16-15(19)14-4-2-1-3-12(14)11-17-7-5-13(6-8-17)20-10-9-18/h1-4,13,18H,5-11H2,(H2,16,19). The first-order valence-electron chi connectivity index (χ1n) is 7.03. The molecule has 1 aromatic carbocycles. The maximum atomic E-state index is 11.4. The lowest BCUT2D eigenvalue weighted by Gasteiger charge is -2.32. The Morgan fingerprint density at radius 1 is 1.35 bits per heavy atom. The number of ether oxygens (including phenoxy) is 1. The van der Waals surface area contributed by atoms with Crippen molar-refractivity contribution in [3.05, 3.63) is 35.4 Å². The molecule has 1 aromatic rings. The lowest BCUT2D eigenvalue weighted by Crippen LogP contribution is -2.37. The Balaban J connectivity index is 1.88. The molecule has 1 fully saturated rings. The largest absolute Gasteiger partial charge is 0.394 e. The maximum absolute atomic E-state index is 11.4. The molecule has 1 amide bonds. The Morgan fingerprint density at radius 3 is 2.70 bits per heavy atom. The van der Waals surface area contributed by atoms with Crippen LogP contribution in [0.1, 0.15) is 28.8 Å². The molecule has 1 aliphatic rings. The number of aliphatic hydroxyl groups excluding tert-OH is 1. The van der Waals surface area contributed by atoms with Gasteiger partial charge in [-0.05, 0) is 24.5 Å². The van der Waals surface area contributed by atoms with E-state index >= 15 is 0 Å². The molecule has 3 N–H and O–H groups in total. The average Bonchev–Trinajstić information content (AvgIpc) is 2.47. The number of likely N-dealkylation sites (tertiary alicyclic amines) is 1. The summed E-state index contributed by atoms with van der Waals surface area (Å²) in [6, 6.07) is 7.49. The van der Waals surface area contributed by atoms with Crippen LogP contribution in [-0.2, 0) is 11.3 Å². The summed E-state index contributed by atoms with van der Waals surface area (Å²) in [5.41, 5.74) is 6.98. The minimum Gasteiger partial charge on any atom is -0.394 e. The number of benzene rings is 1. The Labute approximate surface area is 119 Å². The number of amides is 1. The minimum absolute atomic E-state index is 0.0756.